The lowest BCUT2D eigenvalue weighted by Gasteiger charge is -2.49. The highest BCUT2D eigenvalue weighted by atomic mass is 35.5. The first kappa shape index (κ1) is 24.8. The van der Waals surface area contributed by atoms with E-state index in [0.717, 1.165) is 11.1 Å². The van der Waals surface area contributed by atoms with Crippen LogP contribution in [-0.2, 0) is 23.9 Å². The molecule has 2 aliphatic heterocycles. The first-order chi connectivity index (χ1) is 16.9. The van der Waals surface area contributed by atoms with Gasteiger partial charge in [0, 0.05) is 5.75 Å². The summed E-state index contributed by atoms with van der Waals surface area (Å²) in [5, 5.41) is 2.09. The Bertz CT molecular complexity index is 1150. The lowest BCUT2D eigenvalue weighted by Crippen LogP contribution is -2.70. The van der Waals surface area contributed by atoms with Crippen molar-refractivity contribution in [3.05, 3.63) is 95.7 Å². The van der Waals surface area contributed by atoms with Gasteiger partial charge >= 0.3 is 5.97 Å². The number of thioether (sulfide) groups is 1. The van der Waals surface area contributed by atoms with E-state index in [1.54, 1.807) is 0 Å². The van der Waals surface area contributed by atoms with Crippen molar-refractivity contribution in [2.45, 2.75) is 23.9 Å². The number of amides is 2. The molecule has 35 heavy (non-hydrogen) atoms. The van der Waals surface area contributed by atoms with Crippen molar-refractivity contribution in [3.8, 4) is 0 Å². The van der Waals surface area contributed by atoms with E-state index in [9.17, 15) is 19.2 Å². The maximum absolute atomic E-state index is 13.5. The van der Waals surface area contributed by atoms with Crippen LogP contribution in [0, 0.1) is 0 Å². The van der Waals surface area contributed by atoms with Crippen molar-refractivity contribution in [2.24, 2.45) is 0 Å². The van der Waals surface area contributed by atoms with Crippen molar-refractivity contribution >= 4 is 46.9 Å². The number of alkyl halides is 1. The minimum atomic E-state index is -0.844. The number of hydrogen-bond acceptors (Lipinski definition) is 6. The van der Waals surface area contributed by atoms with Crippen LogP contribution in [0.3, 0.4) is 0 Å². The second kappa shape index (κ2) is 10.9. The van der Waals surface area contributed by atoms with Gasteiger partial charge in [-0.05, 0) is 16.7 Å². The summed E-state index contributed by atoms with van der Waals surface area (Å²) in [7, 11) is 0. The summed E-state index contributed by atoms with van der Waals surface area (Å²) in [5.41, 5.74) is 2.27. The molecule has 1 saturated heterocycles. The SMILES string of the molecule is C=CC1=C(C(=O)OC(c2ccccc2)c2ccccc2)N2C(=O)C(NC(=O)CC(=O)CCl)[C@@H]2SC1. The Balaban J connectivity index is 1.57. The molecule has 2 heterocycles. The monoisotopic (exact) mass is 510 g/mol. The van der Waals surface area contributed by atoms with Gasteiger partial charge in [-0.15, -0.1) is 23.4 Å². The number of fused-ring (bicyclic) bond motifs is 1. The fourth-order valence-corrected chi connectivity index (χ4v) is 5.42. The largest absolute Gasteiger partial charge is 0.448 e. The molecular weight excluding hydrogens is 488 g/mol. The van der Waals surface area contributed by atoms with Crippen LogP contribution < -0.4 is 5.32 Å². The predicted octanol–water partition coefficient (Wildman–Crippen LogP) is 3.36. The number of allylic oxidation sites excluding steroid dienone is 1. The zero-order valence-corrected chi connectivity index (χ0v) is 20.3. The van der Waals surface area contributed by atoms with E-state index in [2.05, 4.69) is 11.9 Å². The summed E-state index contributed by atoms with van der Waals surface area (Å²) in [4.78, 5) is 51.4. The number of nitrogens with one attached hydrogen (secondary N) is 1. The molecule has 2 aromatic carbocycles. The molecule has 9 heteroatoms. The maximum Gasteiger partial charge on any atom is 0.356 e. The van der Waals surface area contributed by atoms with Crippen molar-refractivity contribution < 1.29 is 23.9 Å². The lowest BCUT2D eigenvalue weighted by molar-refractivity contribution is -0.154. The van der Waals surface area contributed by atoms with Crippen LogP contribution in [0.5, 0.6) is 0 Å². The summed E-state index contributed by atoms with van der Waals surface area (Å²) in [6.07, 6.45) is 0.464. The van der Waals surface area contributed by atoms with Gasteiger partial charge in [-0.1, -0.05) is 73.3 Å². The Morgan fingerprint density at radius 1 is 1.11 bits per heavy atom. The summed E-state index contributed by atoms with van der Waals surface area (Å²) in [6, 6.07) is 17.8. The Morgan fingerprint density at radius 2 is 1.71 bits per heavy atom. The first-order valence-corrected chi connectivity index (χ1v) is 12.5. The molecule has 7 nitrogen and oxygen atoms in total. The average Bonchev–Trinajstić information content (AvgIpc) is 2.90. The number of nitrogens with zero attached hydrogens (tertiary/aromatic N) is 1. The molecule has 0 aliphatic carbocycles. The number of benzene rings is 2. The topological polar surface area (TPSA) is 92.8 Å². The smallest absolute Gasteiger partial charge is 0.356 e. The molecule has 0 bridgehead atoms. The molecule has 2 aliphatic rings. The Labute approximate surface area is 212 Å². The zero-order chi connectivity index (χ0) is 24.9. The third-order valence-corrected chi connectivity index (χ3v) is 7.29. The molecule has 0 saturated carbocycles. The zero-order valence-electron chi connectivity index (χ0n) is 18.7. The van der Waals surface area contributed by atoms with Gasteiger partial charge in [-0.3, -0.25) is 19.3 Å². The molecule has 2 aromatic rings. The number of halogens is 1. The van der Waals surface area contributed by atoms with Gasteiger partial charge in [-0.2, -0.15) is 0 Å². The number of Topliss-reactive ketones (excluding diaryl/α,β-unsaturated/α-hetero) is 1. The fourth-order valence-electron chi connectivity index (χ4n) is 3.99. The average molecular weight is 511 g/mol. The number of ketones is 1. The van der Waals surface area contributed by atoms with Gasteiger partial charge in [-0.25, -0.2) is 4.79 Å². The van der Waals surface area contributed by atoms with Crippen LogP contribution in [0.4, 0.5) is 0 Å². The molecule has 0 spiro atoms. The van der Waals surface area contributed by atoms with E-state index < -0.39 is 47.5 Å². The standard InChI is InChI=1S/C26H23ClN2O5S/c1-2-16-15-35-25-21(28-20(31)13-19(30)14-27)24(32)29(25)22(16)26(33)34-23(17-9-5-3-6-10-17)18-11-7-4-8-12-18/h2-12,21,23,25H,1,13-15H2,(H,28,31)/t21?,25-/m0/s1. The second-order valence-corrected chi connectivity index (χ2v) is 9.36. The quantitative estimate of drug-likeness (QED) is 0.241. The highest BCUT2D eigenvalue weighted by molar-refractivity contribution is 8.00. The maximum atomic E-state index is 13.5. The van der Waals surface area contributed by atoms with Gasteiger partial charge in [0.25, 0.3) is 5.91 Å². The molecule has 4 rings (SSSR count). The predicted molar refractivity (Wildman–Crippen MR) is 133 cm³/mol. The van der Waals surface area contributed by atoms with Crippen LogP contribution in [0.25, 0.3) is 0 Å². The van der Waals surface area contributed by atoms with Crippen LogP contribution in [0.1, 0.15) is 23.7 Å². The number of ether oxygens (including phenoxy) is 1. The van der Waals surface area contributed by atoms with Crippen LogP contribution in [0.2, 0.25) is 0 Å². The highest BCUT2D eigenvalue weighted by Crippen LogP contribution is 2.41. The second-order valence-electron chi connectivity index (χ2n) is 7.99. The highest BCUT2D eigenvalue weighted by Gasteiger charge is 2.54. The number of carbonyl (C=O) groups is 4. The van der Waals surface area contributed by atoms with Crippen molar-refractivity contribution in [1.82, 2.24) is 10.2 Å². The van der Waals surface area contributed by atoms with Gasteiger partial charge in [0.15, 0.2) is 11.9 Å². The van der Waals surface area contributed by atoms with Gasteiger partial charge < -0.3 is 10.1 Å². The minimum absolute atomic E-state index is 0.118. The van der Waals surface area contributed by atoms with Crippen molar-refractivity contribution in [3.63, 3.8) is 0 Å². The van der Waals surface area contributed by atoms with Crippen molar-refractivity contribution in [1.29, 1.82) is 0 Å². The Morgan fingerprint density at radius 3 is 2.26 bits per heavy atom. The Hall–Kier alpha value is -3.36. The van der Waals surface area contributed by atoms with E-state index in [1.807, 2.05) is 60.7 Å². The molecule has 0 radical (unpaired) electrons. The van der Waals surface area contributed by atoms with E-state index >= 15 is 0 Å². The molecular formula is C26H23ClN2O5S. The third-order valence-electron chi connectivity index (χ3n) is 5.69. The van der Waals surface area contributed by atoms with Crippen LogP contribution in [-0.4, -0.2) is 51.5 Å². The number of rotatable bonds is 9. The first-order valence-electron chi connectivity index (χ1n) is 10.9. The van der Waals surface area contributed by atoms with Crippen LogP contribution in [0.15, 0.2) is 84.6 Å². The van der Waals surface area contributed by atoms with Crippen LogP contribution >= 0.6 is 23.4 Å². The normalized spacial score (nSPS) is 19.0. The van der Waals surface area contributed by atoms with Gasteiger partial charge in [0.1, 0.15) is 17.1 Å². The van der Waals surface area contributed by atoms with E-state index in [4.69, 9.17) is 16.3 Å². The summed E-state index contributed by atoms with van der Waals surface area (Å²) >= 11 is 6.86. The molecule has 1 fully saturated rings. The fraction of sp³-hybridized carbons (Fsp3) is 0.231. The Kier molecular flexibility index (Phi) is 7.73. The summed E-state index contributed by atoms with van der Waals surface area (Å²) in [6.45, 7) is 3.79. The van der Waals surface area contributed by atoms with Crippen molar-refractivity contribution in [2.75, 3.05) is 11.6 Å². The van der Waals surface area contributed by atoms with E-state index in [1.165, 1.54) is 22.7 Å². The molecule has 180 valence electrons. The molecule has 1 unspecified atom stereocenters. The number of carbonyl (C=O) groups excluding carboxylic acids is 4. The summed E-state index contributed by atoms with van der Waals surface area (Å²) in [5.74, 6) is -1.98. The molecule has 1 N–H and O–H groups in total. The molecule has 2 amide bonds. The lowest BCUT2D eigenvalue weighted by atomic mass is 10.0. The van der Waals surface area contributed by atoms with E-state index in [0.29, 0.717) is 11.3 Å². The molecule has 0 aromatic heterocycles. The van der Waals surface area contributed by atoms with Gasteiger partial charge in [0.2, 0.25) is 5.91 Å². The molecule has 2 atom stereocenters. The number of β-lactam (4-membered cyclic amide) rings is 1. The number of esters is 1. The third kappa shape index (κ3) is 5.18. The summed E-state index contributed by atoms with van der Waals surface area (Å²) < 4.78 is 5.98. The minimum Gasteiger partial charge on any atom is -0.448 e. The van der Waals surface area contributed by atoms with Gasteiger partial charge in [0.05, 0.1) is 12.3 Å². The van der Waals surface area contributed by atoms with E-state index in [-0.39, 0.29) is 11.6 Å². The number of hydrogen-bond donors (Lipinski definition) is 1.